The Morgan fingerprint density at radius 2 is 1.52 bits per heavy atom. The average Bonchev–Trinajstić information content (AvgIpc) is 3.04. The zero-order valence-electron chi connectivity index (χ0n) is 17.3. The number of rotatable bonds is 7. The van der Waals surface area contributed by atoms with Crippen molar-refractivity contribution >= 4 is 28.8 Å². The summed E-state index contributed by atoms with van der Waals surface area (Å²) in [6.07, 6.45) is 0. The van der Waals surface area contributed by atoms with Crippen molar-refractivity contribution in [2.75, 3.05) is 23.9 Å². The third kappa shape index (κ3) is 3.88. The van der Waals surface area contributed by atoms with Gasteiger partial charge in [-0.1, -0.05) is 42.5 Å². The normalized spacial score (nSPS) is 13.5. The van der Waals surface area contributed by atoms with Crippen LogP contribution in [0.2, 0.25) is 0 Å². The SMILES string of the molecule is CCOc1ccccc1N1C(=O)C(Nc2ccccc2)=C(c2ccc(OC)cc2)C1=O. The summed E-state index contributed by atoms with van der Waals surface area (Å²) in [4.78, 5) is 28.2. The van der Waals surface area contributed by atoms with E-state index in [9.17, 15) is 9.59 Å². The standard InChI is InChI=1S/C25H22N2O4/c1-3-31-21-12-8-7-11-20(21)27-24(28)22(17-13-15-19(30-2)16-14-17)23(25(27)29)26-18-9-5-4-6-10-18/h4-16,26H,3H2,1-2H3. The van der Waals surface area contributed by atoms with Gasteiger partial charge in [-0.3, -0.25) is 9.59 Å². The number of hydrogen-bond donors (Lipinski definition) is 1. The average molecular weight is 414 g/mol. The van der Waals surface area contributed by atoms with Gasteiger partial charge in [0.1, 0.15) is 17.2 Å². The number of benzene rings is 3. The second-order valence-electron chi connectivity index (χ2n) is 6.82. The van der Waals surface area contributed by atoms with E-state index < -0.39 is 11.8 Å². The van der Waals surface area contributed by atoms with Crippen molar-refractivity contribution < 1.29 is 19.1 Å². The molecule has 1 aliphatic rings. The third-order valence-electron chi connectivity index (χ3n) is 4.91. The van der Waals surface area contributed by atoms with Crippen molar-refractivity contribution in [3.05, 3.63) is 90.1 Å². The highest BCUT2D eigenvalue weighted by atomic mass is 16.5. The Hall–Kier alpha value is -4.06. The Morgan fingerprint density at radius 1 is 0.839 bits per heavy atom. The van der Waals surface area contributed by atoms with Crippen LogP contribution < -0.4 is 19.7 Å². The fraction of sp³-hybridized carbons (Fsp3) is 0.120. The van der Waals surface area contributed by atoms with Crippen LogP contribution in [0.15, 0.2) is 84.6 Å². The van der Waals surface area contributed by atoms with Crippen LogP contribution in [0.5, 0.6) is 11.5 Å². The molecule has 0 aliphatic carbocycles. The topological polar surface area (TPSA) is 67.9 Å². The molecule has 0 bridgehead atoms. The van der Waals surface area contributed by atoms with E-state index in [2.05, 4.69) is 5.32 Å². The van der Waals surface area contributed by atoms with Crippen LogP contribution in [-0.4, -0.2) is 25.5 Å². The number of imide groups is 1. The molecule has 0 spiro atoms. The highest BCUT2D eigenvalue weighted by Gasteiger charge is 2.41. The van der Waals surface area contributed by atoms with Gasteiger partial charge in [0.25, 0.3) is 11.8 Å². The maximum Gasteiger partial charge on any atom is 0.282 e. The highest BCUT2D eigenvalue weighted by Crippen LogP contribution is 2.38. The number of carbonyl (C=O) groups excluding carboxylic acids is 2. The minimum atomic E-state index is -0.438. The van der Waals surface area contributed by atoms with E-state index in [0.717, 1.165) is 4.90 Å². The number of amides is 2. The highest BCUT2D eigenvalue weighted by molar-refractivity contribution is 6.46. The van der Waals surface area contributed by atoms with Gasteiger partial charge in [0.15, 0.2) is 0 Å². The molecule has 0 saturated carbocycles. The second kappa shape index (κ2) is 8.75. The maximum atomic E-state index is 13.5. The zero-order chi connectivity index (χ0) is 21.8. The molecule has 0 saturated heterocycles. The lowest BCUT2D eigenvalue weighted by Gasteiger charge is -2.19. The Labute approximate surface area is 180 Å². The van der Waals surface area contributed by atoms with Crippen molar-refractivity contribution in [2.45, 2.75) is 6.92 Å². The van der Waals surface area contributed by atoms with Gasteiger partial charge >= 0.3 is 0 Å². The largest absolute Gasteiger partial charge is 0.497 e. The lowest BCUT2D eigenvalue weighted by molar-refractivity contribution is -0.120. The van der Waals surface area contributed by atoms with Gasteiger partial charge in [-0.15, -0.1) is 0 Å². The van der Waals surface area contributed by atoms with Crippen molar-refractivity contribution in [3.63, 3.8) is 0 Å². The molecule has 0 radical (unpaired) electrons. The number of ether oxygens (including phenoxy) is 2. The monoisotopic (exact) mass is 414 g/mol. The molecule has 6 nitrogen and oxygen atoms in total. The fourth-order valence-electron chi connectivity index (χ4n) is 3.48. The number of anilines is 2. The number of nitrogens with zero attached hydrogens (tertiary/aromatic N) is 1. The van der Waals surface area contributed by atoms with E-state index in [4.69, 9.17) is 9.47 Å². The lowest BCUT2D eigenvalue weighted by atomic mass is 10.0. The van der Waals surface area contributed by atoms with Crippen LogP contribution in [0.4, 0.5) is 11.4 Å². The lowest BCUT2D eigenvalue weighted by Crippen LogP contribution is -2.32. The quantitative estimate of drug-likeness (QED) is 0.577. The van der Waals surface area contributed by atoms with E-state index in [1.807, 2.05) is 37.3 Å². The first-order chi connectivity index (χ1) is 15.1. The third-order valence-corrected chi connectivity index (χ3v) is 4.91. The van der Waals surface area contributed by atoms with Crippen LogP contribution in [0, 0.1) is 0 Å². The Morgan fingerprint density at radius 3 is 2.19 bits per heavy atom. The van der Waals surface area contributed by atoms with Gasteiger partial charge in [-0.2, -0.15) is 0 Å². The number of methoxy groups -OCH3 is 1. The van der Waals surface area contributed by atoms with Gasteiger partial charge in [0.05, 0.1) is 25.0 Å². The molecule has 1 N–H and O–H groups in total. The Bertz CT molecular complexity index is 1140. The molecule has 1 aliphatic heterocycles. The fourth-order valence-corrected chi connectivity index (χ4v) is 3.48. The molecule has 156 valence electrons. The Balaban J connectivity index is 1.82. The zero-order valence-corrected chi connectivity index (χ0v) is 17.3. The van der Waals surface area contributed by atoms with Gasteiger partial charge in [0, 0.05) is 5.69 Å². The molecule has 31 heavy (non-hydrogen) atoms. The van der Waals surface area contributed by atoms with E-state index in [1.165, 1.54) is 0 Å². The number of hydrogen-bond acceptors (Lipinski definition) is 5. The number of para-hydroxylation sites is 3. The molecule has 3 aromatic rings. The van der Waals surface area contributed by atoms with Crippen LogP contribution in [-0.2, 0) is 9.59 Å². The molecular weight excluding hydrogens is 392 g/mol. The first kappa shape index (κ1) is 20.2. The summed E-state index contributed by atoms with van der Waals surface area (Å²) in [6.45, 7) is 2.27. The predicted octanol–water partition coefficient (Wildman–Crippen LogP) is 4.49. The molecule has 0 atom stereocenters. The summed E-state index contributed by atoms with van der Waals surface area (Å²) < 4.78 is 10.9. The summed E-state index contributed by atoms with van der Waals surface area (Å²) in [5.74, 6) is 0.284. The van der Waals surface area contributed by atoms with Crippen molar-refractivity contribution in [3.8, 4) is 11.5 Å². The molecule has 6 heteroatoms. The molecule has 0 unspecified atom stereocenters. The van der Waals surface area contributed by atoms with E-state index in [0.29, 0.717) is 40.6 Å². The van der Waals surface area contributed by atoms with Gasteiger partial charge in [0.2, 0.25) is 0 Å². The first-order valence-corrected chi connectivity index (χ1v) is 9.95. The van der Waals surface area contributed by atoms with E-state index in [-0.39, 0.29) is 5.70 Å². The van der Waals surface area contributed by atoms with Crippen molar-refractivity contribution in [1.82, 2.24) is 0 Å². The molecule has 1 heterocycles. The molecular formula is C25H22N2O4. The van der Waals surface area contributed by atoms with Crippen LogP contribution in [0.1, 0.15) is 12.5 Å². The molecule has 0 aromatic heterocycles. The Kier molecular flexibility index (Phi) is 5.71. The van der Waals surface area contributed by atoms with E-state index in [1.54, 1.807) is 55.6 Å². The minimum Gasteiger partial charge on any atom is -0.497 e. The number of carbonyl (C=O) groups is 2. The first-order valence-electron chi connectivity index (χ1n) is 9.95. The van der Waals surface area contributed by atoms with Gasteiger partial charge in [-0.25, -0.2) is 4.90 Å². The van der Waals surface area contributed by atoms with Gasteiger partial charge < -0.3 is 14.8 Å². The summed E-state index contributed by atoms with van der Waals surface area (Å²) in [5.41, 5.74) is 2.25. The number of nitrogens with one attached hydrogen (secondary N) is 1. The summed E-state index contributed by atoms with van der Waals surface area (Å²) in [6, 6.07) is 23.4. The van der Waals surface area contributed by atoms with Gasteiger partial charge in [-0.05, 0) is 48.9 Å². The van der Waals surface area contributed by atoms with Crippen LogP contribution >= 0.6 is 0 Å². The summed E-state index contributed by atoms with van der Waals surface area (Å²) in [5, 5.41) is 3.14. The summed E-state index contributed by atoms with van der Waals surface area (Å²) in [7, 11) is 1.58. The molecule has 4 rings (SSSR count). The minimum absolute atomic E-state index is 0.215. The van der Waals surface area contributed by atoms with Crippen molar-refractivity contribution in [2.24, 2.45) is 0 Å². The van der Waals surface area contributed by atoms with Crippen LogP contribution in [0.25, 0.3) is 5.57 Å². The van der Waals surface area contributed by atoms with Crippen LogP contribution in [0.3, 0.4) is 0 Å². The summed E-state index contributed by atoms with van der Waals surface area (Å²) >= 11 is 0. The molecule has 2 amide bonds. The molecule has 0 fully saturated rings. The predicted molar refractivity (Wildman–Crippen MR) is 120 cm³/mol. The van der Waals surface area contributed by atoms with E-state index >= 15 is 0 Å². The second-order valence-corrected chi connectivity index (χ2v) is 6.82. The smallest absolute Gasteiger partial charge is 0.282 e. The maximum absolute atomic E-state index is 13.5. The van der Waals surface area contributed by atoms with Crippen molar-refractivity contribution in [1.29, 1.82) is 0 Å². The molecule has 3 aromatic carbocycles.